The van der Waals surface area contributed by atoms with Crippen LogP contribution < -0.4 is 5.32 Å². The van der Waals surface area contributed by atoms with Crippen molar-refractivity contribution in [2.45, 2.75) is 25.9 Å². The smallest absolute Gasteiger partial charge is 0.223 e. The molecule has 0 saturated heterocycles. The van der Waals surface area contributed by atoms with E-state index in [1.165, 1.54) is 0 Å². The number of aliphatic hydroxyl groups excluding tert-OH is 2. The van der Waals surface area contributed by atoms with E-state index in [0.717, 1.165) is 0 Å². The topological polar surface area (TPSA) is 89.8 Å². The lowest BCUT2D eigenvalue weighted by Gasteiger charge is -2.17. The molecule has 1 amide bonds. The largest absolute Gasteiger partial charge is 0.508 e. The monoisotopic (exact) mass is 267 g/mol. The molecule has 0 radical (unpaired) electrons. The van der Waals surface area contributed by atoms with Crippen molar-refractivity contribution in [3.8, 4) is 5.75 Å². The van der Waals surface area contributed by atoms with Crippen LogP contribution in [0.25, 0.3) is 0 Å². The van der Waals surface area contributed by atoms with Crippen LogP contribution in [0, 0.1) is 5.92 Å². The van der Waals surface area contributed by atoms with E-state index in [1.807, 2.05) is 0 Å². The Morgan fingerprint density at radius 2 is 2.05 bits per heavy atom. The van der Waals surface area contributed by atoms with Crippen LogP contribution in [0.2, 0.25) is 0 Å². The molecular formula is C14H21NO4. The lowest BCUT2D eigenvalue weighted by atomic mass is 9.95. The average Bonchev–Trinajstić information content (AvgIpc) is 2.38. The molecule has 2 atom stereocenters. The Bertz CT molecular complexity index is 406. The molecule has 0 aliphatic rings. The van der Waals surface area contributed by atoms with Gasteiger partial charge in [0.1, 0.15) is 5.75 Å². The Balaban J connectivity index is 2.67. The maximum atomic E-state index is 11.9. The fraction of sp³-hybridized carbons (Fsp3) is 0.500. The standard InChI is InChI=1S/C14H21NO4/c1-10(17)9-15-14(19)12(6-7-16)8-11-4-2-3-5-13(11)18/h2-5,10,12,16-18H,6-9H2,1H3,(H,15,19). The van der Waals surface area contributed by atoms with Crippen LogP contribution in [0.3, 0.4) is 0 Å². The number of amides is 1. The summed E-state index contributed by atoms with van der Waals surface area (Å²) in [6.45, 7) is 1.67. The lowest BCUT2D eigenvalue weighted by molar-refractivity contribution is -0.125. The maximum absolute atomic E-state index is 11.9. The Hall–Kier alpha value is -1.59. The molecule has 4 N–H and O–H groups in total. The highest BCUT2D eigenvalue weighted by atomic mass is 16.3. The molecule has 1 rings (SSSR count). The highest BCUT2D eigenvalue weighted by Crippen LogP contribution is 2.21. The second-order valence-corrected chi connectivity index (χ2v) is 4.64. The van der Waals surface area contributed by atoms with Gasteiger partial charge in [-0.1, -0.05) is 18.2 Å². The van der Waals surface area contributed by atoms with E-state index in [-0.39, 0.29) is 24.8 Å². The van der Waals surface area contributed by atoms with Crippen molar-refractivity contribution in [1.29, 1.82) is 0 Å². The predicted molar refractivity (Wildman–Crippen MR) is 71.7 cm³/mol. The number of rotatable bonds is 7. The molecule has 19 heavy (non-hydrogen) atoms. The molecule has 1 aromatic rings. The fourth-order valence-electron chi connectivity index (χ4n) is 1.82. The average molecular weight is 267 g/mol. The highest BCUT2D eigenvalue weighted by Gasteiger charge is 2.19. The molecule has 0 bridgehead atoms. The second-order valence-electron chi connectivity index (χ2n) is 4.64. The number of phenolic OH excluding ortho intramolecular Hbond substituents is 1. The van der Waals surface area contributed by atoms with Gasteiger partial charge in [-0.25, -0.2) is 0 Å². The molecule has 0 aromatic heterocycles. The number of benzene rings is 1. The van der Waals surface area contributed by atoms with Crippen molar-refractivity contribution in [3.05, 3.63) is 29.8 Å². The number of para-hydroxylation sites is 1. The normalized spacial score (nSPS) is 13.8. The van der Waals surface area contributed by atoms with Crippen molar-refractivity contribution in [2.75, 3.05) is 13.2 Å². The first kappa shape index (κ1) is 15.5. The first-order chi connectivity index (χ1) is 9.04. The van der Waals surface area contributed by atoms with E-state index in [0.29, 0.717) is 18.4 Å². The Morgan fingerprint density at radius 1 is 1.37 bits per heavy atom. The first-order valence-corrected chi connectivity index (χ1v) is 6.38. The summed E-state index contributed by atoms with van der Waals surface area (Å²) >= 11 is 0. The minimum Gasteiger partial charge on any atom is -0.508 e. The molecule has 0 fully saturated rings. The van der Waals surface area contributed by atoms with Gasteiger partial charge in [0.15, 0.2) is 0 Å². The number of phenols is 1. The summed E-state index contributed by atoms with van der Waals surface area (Å²) in [5, 5.41) is 30.5. The van der Waals surface area contributed by atoms with E-state index in [9.17, 15) is 9.90 Å². The Kier molecular flexibility index (Phi) is 6.32. The Labute approximate surface area is 112 Å². The van der Waals surface area contributed by atoms with Crippen LogP contribution in [-0.4, -0.2) is 40.5 Å². The summed E-state index contributed by atoms with van der Waals surface area (Å²) in [7, 11) is 0. The zero-order valence-corrected chi connectivity index (χ0v) is 11.0. The van der Waals surface area contributed by atoms with Crippen LogP contribution in [-0.2, 0) is 11.2 Å². The van der Waals surface area contributed by atoms with E-state index < -0.39 is 12.0 Å². The molecule has 106 valence electrons. The number of carbonyl (C=O) groups excluding carboxylic acids is 1. The van der Waals surface area contributed by atoms with E-state index >= 15 is 0 Å². The summed E-state index contributed by atoms with van der Waals surface area (Å²) in [5.74, 6) is -0.496. The van der Waals surface area contributed by atoms with Gasteiger partial charge in [-0.05, 0) is 31.4 Å². The van der Waals surface area contributed by atoms with Crippen molar-refractivity contribution >= 4 is 5.91 Å². The highest BCUT2D eigenvalue weighted by molar-refractivity contribution is 5.79. The van der Waals surface area contributed by atoms with Crippen molar-refractivity contribution in [1.82, 2.24) is 5.32 Å². The molecule has 0 heterocycles. The van der Waals surface area contributed by atoms with Crippen LogP contribution in [0.15, 0.2) is 24.3 Å². The van der Waals surface area contributed by atoms with Gasteiger partial charge in [-0.15, -0.1) is 0 Å². The predicted octanol–water partition coefficient (Wildman–Crippen LogP) is 0.430. The SMILES string of the molecule is CC(O)CNC(=O)C(CCO)Cc1ccccc1O. The third kappa shape index (κ3) is 5.28. The minimum absolute atomic E-state index is 0.0969. The van der Waals surface area contributed by atoms with Gasteiger partial charge in [0.05, 0.1) is 6.10 Å². The van der Waals surface area contributed by atoms with Gasteiger partial charge in [-0.3, -0.25) is 4.79 Å². The third-order valence-corrected chi connectivity index (χ3v) is 2.88. The maximum Gasteiger partial charge on any atom is 0.223 e. The van der Waals surface area contributed by atoms with Crippen LogP contribution in [0.1, 0.15) is 18.9 Å². The lowest BCUT2D eigenvalue weighted by Crippen LogP contribution is -2.36. The molecule has 0 aliphatic carbocycles. The van der Waals surface area contributed by atoms with E-state index in [2.05, 4.69) is 5.32 Å². The summed E-state index contributed by atoms with van der Waals surface area (Å²) < 4.78 is 0. The number of carbonyl (C=O) groups is 1. The van der Waals surface area contributed by atoms with Crippen LogP contribution >= 0.6 is 0 Å². The number of aliphatic hydroxyl groups is 2. The number of hydrogen-bond donors (Lipinski definition) is 4. The molecular weight excluding hydrogens is 246 g/mol. The summed E-state index contributed by atoms with van der Waals surface area (Å²) in [4.78, 5) is 11.9. The molecule has 1 aromatic carbocycles. The van der Waals surface area contributed by atoms with E-state index in [1.54, 1.807) is 31.2 Å². The quantitative estimate of drug-likeness (QED) is 0.577. The van der Waals surface area contributed by atoms with Gasteiger partial charge in [0.25, 0.3) is 0 Å². The minimum atomic E-state index is -0.608. The number of hydrogen-bond acceptors (Lipinski definition) is 4. The van der Waals surface area contributed by atoms with Gasteiger partial charge in [-0.2, -0.15) is 0 Å². The van der Waals surface area contributed by atoms with Gasteiger partial charge in [0, 0.05) is 19.1 Å². The third-order valence-electron chi connectivity index (χ3n) is 2.88. The molecule has 0 aliphatic heterocycles. The van der Waals surface area contributed by atoms with Crippen LogP contribution in [0.5, 0.6) is 5.75 Å². The number of nitrogens with one attached hydrogen (secondary N) is 1. The molecule has 5 heteroatoms. The number of aromatic hydroxyl groups is 1. The second kappa shape index (κ2) is 7.76. The first-order valence-electron chi connectivity index (χ1n) is 6.38. The summed E-state index contributed by atoms with van der Waals surface area (Å²) in [5.41, 5.74) is 0.674. The molecule has 5 nitrogen and oxygen atoms in total. The van der Waals surface area contributed by atoms with Crippen molar-refractivity contribution in [2.24, 2.45) is 5.92 Å². The van der Waals surface area contributed by atoms with Gasteiger partial charge < -0.3 is 20.6 Å². The Morgan fingerprint density at radius 3 is 2.63 bits per heavy atom. The summed E-state index contributed by atoms with van der Waals surface area (Å²) in [6.07, 6.45) is 0.0719. The van der Waals surface area contributed by atoms with Crippen molar-refractivity contribution in [3.63, 3.8) is 0 Å². The summed E-state index contributed by atoms with van der Waals surface area (Å²) in [6, 6.07) is 6.83. The van der Waals surface area contributed by atoms with E-state index in [4.69, 9.17) is 10.2 Å². The molecule has 0 saturated carbocycles. The van der Waals surface area contributed by atoms with Crippen LogP contribution in [0.4, 0.5) is 0 Å². The van der Waals surface area contributed by atoms with Gasteiger partial charge in [0.2, 0.25) is 5.91 Å². The molecule has 2 unspecified atom stereocenters. The van der Waals surface area contributed by atoms with Gasteiger partial charge >= 0.3 is 0 Å². The van der Waals surface area contributed by atoms with Crippen molar-refractivity contribution < 1.29 is 20.1 Å². The zero-order valence-electron chi connectivity index (χ0n) is 11.0. The molecule has 0 spiro atoms. The fourth-order valence-corrected chi connectivity index (χ4v) is 1.82. The zero-order chi connectivity index (χ0) is 14.3.